The molecular formula is C28H44N4O5. The van der Waals surface area contributed by atoms with Crippen LogP contribution in [0, 0.1) is 13.8 Å². The normalized spacial score (nSPS) is 15.2. The van der Waals surface area contributed by atoms with E-state index in [1.807, 2.05) is 32.0 Å². The third-order valence-electron chi connectivity index (χ3n) is 6.28. The molecule has 9 heteroatoms. The number of hydrogen-bond acceptors (Lipinski definition) is 5. The van der Waals surface area contributed by atoms with Crippen molar-refractivity contribution in [2.24, 2.45) is 5.73 Å². The number of nitrogens with zero attached hydrogens (tertiary/aromatic N) is 1. The number of carbonyl (C=O) groups is 4. The van der Waals surface area contributed by atoms with Crippen LogP contribution < -0.4 is 16.4 Å². The van der Waals surface area contributed by atoms with Crippen molar-refractivity contribution in [3.05, 3.63) is 34.9 Å². The van der Waals surface area contributed by atoms with Crippen LogP contribution in [0.5, 0.6) is 0 Å². The second-order valence-electron chi connectivity index (χ2n) is 11.0. The van der Waals surface area contributed by atoms with E-state index >= 15 is 0 Å². The number of nitrogens with two attached hydrogens (primary N) is 1. The molecule has 2 atom stereocenters. The predicted octanol–water partition coefficient (Wildman–Crippen LogP) is 3.80. The van der Waals surface area contributed by atoms with E-state index in [2.05, 4.69) is 17.6 Å². The molecule has 1 aliphatic carbocycles. The van der Waals surface area contributed by atoms with E-state index in [1.165, 1.54) is 0 Å². The zero-order valence-corrected chi connectivity index (χ0v) is 23.2. The van der Waals surface area contributed by atoms with Gasteiger partial charge in [-0.3, -0.25) is 14.4 Å². The van der Waals surface area contributed by atoms with Crippen LogP contribution in [0.15, 0.2) is 18.2 Å². The summed E-state index contributed by atoms with van der Waals surface area (Å²) in [6.45, 7) is 11.6. The van der Waals surface area contributed by atoms with Crippen LogP contribution >= 0.6 is 0 Å². The molecule has 206 valence electrons. The summed E-state index contributed by atoms with van der Waals surface area (Å²) in [4.78, 5) is 53.7. The lowest BCUT2D eigenvalue weighted by Gasteiger charge is -2.43. The average Bonchev–Trinajstić information content (AvgIpc) is 2.71. The summed E-state index contributed by atoms with van der Waals surface area (Å²) in [5, 5.41) is 5.54. The van der Waals surface area contributed by atoms with Gasteiger partial charge in [0.2, 0.25) is 17.7 Å². The lowest BCUT2D eigenvalue weighted by Crippen LogP contribution is -2.58. The Morgan fingerprint density at radius 2 is 1.70 bits per heavy atom. The molecule has 1 aliphatic rings. The maximum absolute atomic E-state index is 14.0. The average molecular weight is 517 g/mol. The third-order valence-corrected chi connectivity index (χ3v) is 6.28. The number of amides is 4. The maximum atomic E-state index is 14.0. The molecule has 9 nitrogen and oxygen atoms in total. The van der Waals surface area contributed by atoms with Gasteiger partial charge in [0.05, 0.1) is 6.42 Å². The molecule has 1 aromatic carbocycles. The van der Waals surface area contributed by atoms with Gasteiger partial charge in [0.1, 0.15) is 17.7 Å². The van der Waals surface area contributed by atoms with Crippen molar-refractivity contribution in [2.45, 2.75) is 110 Å². The van der Waals surface area contributed by atoms with Crippen molar-refractivity contribution in [2.75, 3.05) is 6.54 Å². The lowest BCUT2D eigenvalue weighted by atomic mass is 9.87. The Bertz CT molecular complexity index is 948. The van der Waals surface area contributed by atoms with E-state index in [4.69, 9.17) is 10.5 Å². The molecule has 37 heavy (non-hydrogen) atoms. The topological polar surface area (TPSA) is 131 Å². The van der Waals surface area contributed by atoms with E-state index in [0.29, 0.717) is 12.1 Å². The minimum atomic E-state index is -1.26. The molecule has 0 aromatic heterocycles. The fourth-order valence-corrected chi connectivity index (χ4v) is 4.50. The van der Waals surface area contributed by atoms with Crippen molar-refractivity contribution >= 4 is 23.8 Å². The number of hydrogen-bond donors (Lipinski definition) is 3. The van der Waals surface area contributed by atoms with Gasteiger partial charge < -0.3 is 26.0 Å². The minimum Gasteiger partial charge on any atom is -0.444 e. The second kappa shape index (κ2) is 13.4. The van der Waals surface area contributed by atoms with E-state index < -0.39 is 42.0 Å². The highest BCUT2D eigenvalue weighted by Gasteiger charge is 2.42. The molecule has 2 rings (SSSR count). The molecule has 0 bridgehead atoms. The summed E-state index contributed by atoms with van der Waals surface area (Å²) in [5.74, 6) is -1.55. The Balaban J connectivity index is 2.48. The molecule has 0 spiro atoms. The molecule has 4 amide bonds. The highest BCUT2D eigenvalue weighted by molar-refractivity contribution is 5.94. The maximum Gasteiger partial charge on any atom is 0.408 e. The van der Waals surface area contributed by atoms with Crippen LogP contribution in [0.2, 0.25) is 0 Å². The fraction of sp³-hybridized carbons (Fsp3) is 0.643. The van der Waals surface area contributed by atoms with Crippen LogP contribution in [0.3, 0.4) is 0 Å². The Labute approximate surface area is 220 Å². The van der Waals surface area contributed by atoms with Gasteiger partial charge in [-0.15, -0.1) is 0 Å². The number of alkyl carbamates (subject to hydrolysis) is 1. The van der Waals surface area contributed by atoms with Crippen LogP contribution in [0.1, 0.15) is 95.4 Å². The Kier molecular flexibility index (Phi) is 10.9. The first-order valence-corrected chi connectivity index (χ1v) is 13.3. The molecule has 0 radical (unpaired) electrons. The molecule has 1 aromatic rings. The van der Waals surface area contributed by atoms with Crippen LogP contribution in [-0.2, 0) is 19.1 Å². The monoisotopic (exact) mass is 516 g/mol. The molecule has 0 heterocycles. The Morgan fingerprint density at radius 1 is 1.08 bits per heavy atom. The number of benzene rings is 1. The van der Waals surface area contributed by atoms with E-state index in [1.54, 1.807) is 25.7 Å². The van der Waals surface area contributed by atoms with Crippen LogP contribution in [0.25, 0.3) is 0 Å². The largest absolute Gasteiger partial charge is 0.444 e. The first kappa shape index (κ1) is 30.1. The summed E-state index contributed by atoms with van der Waals surface area (Å²) < 4.78 is 5.33. The van der Waals surface area contributed by atoms with Gasteiger partial charge in [0.25, 0.3) is 0 Å². The molecular weight excluding hydrogens is 472 g/mol. The van der Waals surface area contributed by atoms with E-state index in [9.17, 15) is 19.2 Å². The highest BCUT2D eigenvalue weighted by Crippen LogP contribution is 2.34. The molecule has 4 N–H and O–H groups in total. The van der Waals surface area contributed by atoms with E-state index in [0.717, 1.165) is 49.7 Å². The second-order valence-corrected chi connectivity index (χ2v) is 11.0. The van der Waals surface area contributed by atoms with Crippen molar-refractivity contribution in [3.8, 4) is 0 Å². The van der Waals surface area contributed by atoms with Gasteiger partial charge >= 0.3 is 6.09 Å². The third kappa shape index (κ3) is 9.37. The molecule has 0 aliphatic heterocycles. The van der Waals surface area contributed by atoms with E-state index in [-0.39, 0.29) is 11.9 Å². The van der Waals surface area contributed by atoms with Gasteiger partial charge in [-0.05, 0) is 65.9 Å². The summed E-state index contributed by atoms with van der Waals surface area (Å²) in [6, 6.07) is 3.47. The van der Waals surface area contributed by atoms with Crippen molar-refractivity contribution in [3.63, 3.8) is 0 Å². The van der Waals surface area contributed by atoms with Gasteiger partial charge in [-0.2, -0.15) is 0 Å². The zero-order valence-electron chi connectivity index (χ0n) is 23.2. The molecule has 2 unspecified atom stereocenters. The standard InChI is InChI=1S/C28H44N4O5/c1-7-8-9-13-30-25(34)24(20-15-18(2)14-19(3)16-20)32(21-11-10-12-21)26(35)22(17-23(29)33)31-27(36)37-28(4,5)6/h14-16,21-22,24H,7-13,17H2,1-6H3,(H2,29,33)(H,30,34)(H,31,36). The predicted molar refractivity (Wildman–Crippen MR) is 143 cm³/mol. The lowest BCUT2D eigenvalue weighted by molar-refractivity contribution is -0.148. The first-order valence-electron chi connectivity index (χ1n) is 13.3. The highest BCUT2D eigenvalue weighted by atomic mass is 16.6. The molecule has 1 fully saturated rings. The number of carbonyl (C=O) groups excluding carboxylic acids is 4. The van der Waals surface area contributed by atoms with Crippen molar-refractivity contribution < 1.29 is 23.9 Å². The SMILES string of the molecule is CCCCCNC(=O)C(c1cc(C)cc(C)c1)N(C(=O)C(CC(N)=O)NC(=O)OC(C)(C)C)C1CCC1. The molecule has 0 saturated heterocycles. The van der Waals surface area contributed by atoms with Gasteiger partial charge in [0.15, 0.2) is 0 Å². The van der Waals surface area contributed by atoms with Crippen molar-refractivity contribution in [1.29, 1.82) is 0 Å². The van der Waals surface area contributed by atoms with Gasteiger partial charge in [-0.1, -0.05) is 49.1 Å². The van der Waals surface area contributed by atoms with Crippen LogP contribution in [-0.4, -0.2) is 52.9 Å². The summed E-state index contributed by atoms with van der Waals surface area (Å²) >= 11 is 0. The Morgan fingerprint density at radius 3 is 2.19 bits per heavy atom. The quantitative estimate of drug-likeness (QED) is 0.364. The number of ether oxygens (including phenoxy) is 1. The number of rotatable bonds is 12. The number of unbranched alkanes of at least 4 members (excludes halogenated alkanes) is 2. The van der Waals surface area contributed by atoms with Crippen LogP contribution in [0.4, 0.5) is 4.79 Å². The van der Waals surface area contributed by atoms with Gasteiger partial charge in [-0.25, -0.2) is 4.79 Å². The molecule has 1 saturated carbocycles. The summed E-state index contributed by atoms with van der Waals surface area (Å²) in [7, 11) is 0. The fourth-order valence-electron chi connectivity index (χ4n) is 4.50. The summed E-state index contributed by atoms with van der Waals surface area (Å²) in [5.41, 5.74) is 7.30. The first-order chi connectivity index (χ1) is 17.3. The number of aryl methyl sites for hydroxylation is 2. The number of primary amides is 1. The number of nitrogens with one attached hydrogen (secondary N) is 2. The van der Waals surface area contributed by atoms with Gasteiger partial charge in [0, 0.05) is 12.6 Å². The summed E-state index contributed by atoms with van der Waals surface area (Å²) in [6.07, 6.45) is 3.99. The van der Waals surface area contributed by atoms with Crippen molar-refractivity contribution in [1.82, 2.24) is 15.5 Å². The smallest absolute Gasteiger partial charge is 0.408 e. The zero-order chi connectivity index (χ0) is 27.8. The Hall–Kier alpha value is -3.10. The minimum absolute atomic E-state index is 0.199.